The summed E-state index contributed by atoms with van der Waals surface area (Å²) in [5, 5.41) is 1.54. The zero-order valence-electron chi connectivity index (χ0n) is 80.5. The van der Waals surface area contributed by atoms with Gasteiger partial charge >= 0.3 is 0 Å². The van der Waals surface area contributed by atoms with Crippen LogP contribution in [0.3, 0.4) is 0 Å². The molecule has 0 radical (unpaired) electrons. The third-order valence-electron chi connectivity index (χ3n) is 26.7. The van der Waals surface area contributed by atoms with Crippen LogP contribution in [-0.2, 0) is 16.2 Å². The van der Waals surface area contributed by atoms with Crippen molar-refractivity contribution in [1.82, 2.24) is 0 Å². The van der Waals surface area contributed by atoms with Crippen molar-refractivity contribution in [1.29, 1.82) is 0 Å². The van der Waals surface area contributed by atoms with E-state index in [4.69, 9.17) is 0 Å². The lowest BCUT2D eigenvalue weighted by atomic mass is 9.67. The van der Waals surface area contributed by atoms with Gasteiger partial charge in [0, 0.05) is 11.0 Å². The fourth-order valence-corrected chi connectivity index (χ4v) is 20.5. The summed E-state index contributed by atoms with van der Waals surface area (Å²) in [7, 11) is -1.06. The maximum absolute atomic E-state index is 14.4. The Morgan fingerprint density at radius 1 is 0.175 bits per heavy atom. The molecule has 678 valence electrons. The Hall–Kier alpha value is -15.0. The predicted octanol–water partition coefficient (Wildman–Crippen LogP) is 35.2. The molecule has 0 heterocycles. The third-order valence-corrected chi connectivity index (χ3v) is 28.7. The van der Waals surface area contributed by atoms with Gasteiger partial charge in [-0.15, -0.1) is 0 Å². The fourth-order valence-electron chi connectivity index (χ4n) is 19.3. The van der Waals surface area contributed by atoms with Crippen LogP contribution in [0.15, 0.2) is 443 Å². The van der Waals surface area contributed by atoms with Crippen LogP contribution < -0.4 is 5.19 Å². The second kappa shape index (κ2) is 41.5. The number of hydrogen-bond acceptors (Lipinski definition) is 0. The number of benzene rings is 19. The van der Waals surface area contributed by atoms with E-state index in [0.717, 1.165) is 55.6 Å². The minimum absolute atomic E-state index is 0.0984. The standard InChI is InChI=1S/C32H22.C26H19F.C16H15F.3C13H11F.C10H16Si.C8H10/c1-21-14-16-22(17-15-21)23-18-19-31-27(20-23)26-10-4-7-13-30(26)32(31)28-11-5-2-8-24(28)25-9-3-6-12-29(25)32;1-18-12-14-22-23-15-13-21(27)17-25(23)26(24(22)16-18,19-8-4-2-5-9-19)20-10-6-3-7-11-20;1-10-4-6-12-13-7-5-11(17)9-15(13)16(2,3)14(12)8-10;1-10-2-4-11(5-3-10)12-6-8-13(14)9-7-12;1-10-5-7-11(8-6-10)12-3-2-4-13(14)9-12;1-10-6-8-11(9-7-10)12-4-2-3-5-13(12)14;1-9-5-7-10(8-6-9)11(2,3)4;1-7-3-5-8(2)6-4-7/h2-20H,1H3;2-17H,1H3;4-9H,1-3H3;3*2-9H,1H3;5-8H,1-4H3;3-6H,1-2H3. The summed E-state index contributed by atoms with van der Waals surface area (Å²) in [6, 6.07) is 149. The normalized spacial score (nSPS) is 12.5. The van der Waals surface area contributed by atoms with Gasteiger partial charge in [0.25, 0.3) is 0 Å². The van der Waals surface area contributed by atoms with Gasteiger partial charge in [-0.1, -0.05) is 471 Å². The molecule has 0 amide bonds. The van der Waals surface area contributed by atoms with Gasteiger partial charge in [-0.25, -0.2) is 22.0 Å². The smallest absolute Gasteiger partial charge is 0.131 e. The summed E-state index contributed by atoms with van der Waals surface area (Å²) >= 11 is 0. The SMILES string of the molecule is Cc1ccc(-c2ccc(F)cc2)cc1.Cc1ccc(-c2ccc3c(c2)-c2ccccc2C32c3ccccc3-c3ccccc32)cc1.Cc1ccc(-c2cccc(F)c2)cc1.Cc1ccc(-c2ccccc2F)cc1.Cc1ccc(C)cc1.Cc1ccc([Si](C)(C)C)cc1.Cc1ccc2c(c1)C(C)(C)c1cc(F)ccc1-2.Cc1ccc2c(c1)C(c1ccccc1)(c1ccccc1)c1cc(F)ccc1-2. The molecule has 0 saturated carbocycles. The minimum atomic E-state index is -1.06. The summed E-state index contributed by atoms with van der Waals surface area (Å²) in [5.74, 6) is -0.906. The average molecular weight is 1810 g/mol. The van der Waals surface area contributed by atoms with Crippen molar-refractivity contribution >= 4 is 13.3 Å². The molecule has 0 N–H and O–H groups in total. The van der Waals surface area contributed by atoms with Crippen molar-refractivity contribution in [3.63, 3.8) is 0 Å². The Labute approximate surface area is 808 Å². The molecule has 4 aliphatic rings. The van der Waals surface area contributed by atoms with Gasteiger partial charge in [0.1, 0.15) is 29.1 Å². The molecule has 4 aliphatic carbocycles. The lowest BCUT2D eigenvalue weighted by molar-refractivity contribution is 0.609. The van der Waals surface area contributed by atoms with E-state index in [9.17, 15) is 22.0 Å². The Morgan fingerprint density at radius 3 is 0.891 bits per heavy atom. The average Bonchev–Trinajstić information content (AvgIpc) is 1.51. The monoisotopic (exact) mass is 1810 g/mol. The second-order valence-corrected chi connectivity index (χ2v) is 43.0. The second-order valence-electron chi connectivity index (χ2n) is 38.0. The largest absolute Gasteiger partial charge is 0.207 e. The molecule has 0 fully saturated rings. The summed E-state index contributed by atoms with van der Waals surface area (Å²) in [4.78, 5) is 0. The van der Waals surface area contributed by atoms with Gasteiger partial charge in [0.15, 0.2) is 0 Å². The van der Waals surface area contributed by atoms with Gasteiger partial charge in [-0.2, -0.15) is 0 Å². The zero-order valence-corrected chi connectivity index (χ0v) is 81.5. The predicted molar refractivity (Wildman–Crippen MR) is 570 cm³/mol. The van der Waals surface area contributed by atoms with E-state index in [2.05, 4.69) is 343 Å². The van der Waals surface area contributed by atoms with Crippen molar-refractivity contribution in [2.45, 2.75) is 112 Å². The number of hydrogen-bond donors (Lipinski definition) is 0. The van der Waals surface area contributed by atoms with Crippen molar-refractivity contribution in [2.24, 2.45) is 0 Å². The molecule has 0 unspecified atom stereocenters. The molecule has 137 heavy (non-hydrogen) atoms. The quantitative estimate of drug-likeness (QED) is 0.110. The van der Waals surface area contributed by atoms with E-state index in [1.165, 1.54) is 158 Å². The molecule has 0 saturated heterocycles. The van der Waals surface area contributed by atoms with Crippen molar-refractivity contribution in [3.05, 3.63) is 578 Å². The van der Waals surface area contributed by atoms with Crippen LogP contribution in [0.5, 0.6) is 0 Å². The Morgan fingerprint density at radius 2 is 0.460 bits per heavy atom. The maximum atomic E-state index is 14.4. The number of halogens is 5. The minimum Gasteiger partial charge on any atom is -0.207 e. The Kier molecular flexibility index (Phi) is 28.8. The van der Waals surface area contributed by atoms with Gasteiger partial charge in [-0.05, 0) is 262 Å². The summed E-state index contributed by atoms with van der Waals surface area (Å²) in [6.45, 7) is 30.2. The van der Waals surface area contributed by atoms with Crippen LogP contribution in [0.25, 0.3) is 89.0 Å². The molecule has 0 bridgehead atoms. The molecule has 23 rings (SSSR count). The fraction of sp³-hybridized carbons (Fsp3) is 0.130. The molecule has 0 nitrogen and oxygen atoms in total. The highest BCUT2D eigenvalue weighted by atomic mass is 28.3. The van der Waals surface area contributed by atoms with E-state index in [1.807, 2.05) is 111 Å². The van der Waals surface area contributed by atoms with Gasteiger partial charge < -0.3 is 0 Å². The molecular formula is C131H115F5Si. The Bertz CT molecular complexity index is 7160. The first-order valence-corrected chi connectivity index (χ1v) is 50.6. The van der Waals surface area contributed by atoms with Crippen molar-refractivity contribution < 1.29 is 22.0 Å². The molecule has 0 aromatic heterocycles. The highest BCUT2D eigenvalue weighted by molar-refractivity contribution is 6.88. The van der Waals surface area contributed by atoms with Gasteiger partial charge in [0.2, 0.25) is 0 Å². The molecular weight excluding hydrogens is 1700 g/mol. The number of fused-ring (bicyclic) bond motifs is 16. The topological polar surface area (TPSA) is 0 Å². The first-order chi connectivity index (χ1) is 66.1. The van der Waals surface area contributed by atoms with Gasteiger partial charge in [-0.3, -0.25) is 0 Å². The molecule has 19 aromatic rings. The molecule has 6 heteroatoms. The molecule has 0 aliphatic heterocycles. The zero-order chi connectivity index (χ0) is 96.3. The first-order valence-electron chi connectivity index (χ1n) is 47.1. The van der Waals surface area contributed by atoms with E-state index < -0.39 is 13.5 Å². The van der Waals surface area contributed by atoms with Gasteiger partial charge in [0.05, 0.1) is 18.9 Å². The van der Waals surface area contributed by atoms with Crippen molar-refractivity contribution in [3.8, 4) is 89.0 Å². The summed E-state index contributed by atoms with van der Waals surface area (Å²) < 4.78 is 66.8. The molecule has 0 atom stereocenters. The molecule has 19 aromatic carbocycles. The summed E-state index contributed by atoms with van der Waals surface area (Å²) in [5.41, 5.74) is 41.5. The van der Waals surface area contributed by atoms with Crippen LogP contribution >= 0.6 is 0 Å². The lowest BCUT2D eigenvalue weighted by Gasteiger charge is -2.34. The van der Waals surface area contributed by atoms with Crippen LogP contribution in [0.4, 0.5) is 22.0 Å². The number of aryl methyl sites for hydroxylation is 9. The number of rotatable bonds is 7. The van der Waals surface area contributed by atoms with Crippen LogP contribution in [0, 0.1) is 91.4 Å². The van der Waals surface area contributed by atoms with Crippen LogP contribution in [0.1, 0.15) is 120 Å². The van der Waals surface area contributed by atoms with E-state index in [0.29, 0.717) is 5.56 Å². The Balaban J connectivity index is 0.000000118. The third kappa shape index (κ3) is 20.7. The lowest BCUT2D eigenvalue weighted by Crippen LogP contribution is -2.37. The van der Waals surface area contributed by atoms with Crippen LogP contribution in [0.2, 0.25) is 19.6 Å². The van der Waals surface area contributed by atoms with Crippen LogP contribution in [-0.4, -0.2) is 8.07 Å². The first kappa shape index (κ1) is 95.2. The van der Waals surface area contributed by atoms with E-state index >= 15 is 0 Å². The van der Waals surface area contributed by atoms with E-state index in [1.54, 1.807) is 65.9 Å². The van der Waals surface area contributed by atoms with E-state index in [-0.39, 0.29) is 39.9 Å². The van der Waals surface area contributed by atoms with Crippen molar-refractivity contribution in [2.75, 3.05) is 0 Å². The summed E-state index contributed by atoms with van der Waals surface area (Å²) in [6.07, 6.45) is 0. The highest BCUT2D eigenvalue weighted by Gasteiger charge is 2.52. The maximum Gasteiger partial charge on any atom is 0.131 e. The molecule has 1 spiro atoms. The highest BCUT2D eigenvalue weighted by Crippen LogP contribution is 2.63.